The number of halogens is 2. The Kier molecular flexibility index (Phi) is 2.64. The van der Waals surface area contributed by atoms with Crippen molar-refractivity contribution in [3.8, 4) is 0 Å². The number of fused-ring (bicyclic) bond motifs is 2. The van der Waals surface area contributed by atoms with Crippen LogP contribution in [0.5, 0.6) is 0 Å². The maximum absolute atomic E-state index is 13.4. The lowest BCUT2D eigenvalue weighted by Crippen LogP contribution is -2.37. The zero-order chi connectivity index (χ0) is 11.1. The Morgan fingerprint density at radius 1 is 1.19 bits per heavy atom. The Morgan fingerprint density at radius 3 is 2.50 bits per heavy atom. The summed E-state index contributed by atoms with van der Waals surface area (Å²) < 4.78 is 13.4. The lowest BCUT2D eigenvalue weighted by molar-refractivity contribution is 0.362. The summed E-state index contributed by atoms with van der Waals surface area (Å²) in [5.74, 6) is 0.218. The molecule has 2 heterocycles. The standard InChI is InChI=1S/C13H15ClFN/c14-12-4-1-8(7-13(12)15)9-5-10-2-3-11(6-9)16-10/h1,4,7,9-11,16H,2-3,5-6H2/t9?,10-,11+. The molecule has 2 aliphatic heterocycles. The third-order valence-corrected chi connectivity index (χ3v) is 4.19. The SMILES string of the molecule is Fc1cc(C2C[C@H]3CC[C@@H](C2)N3)ccc1Cl. The fourth-order valence-corrected chi connectivity index (χ4v) is 3.21. The van der Waals surface area contributed by atoms with Gasteiger partial charge in [-0.2, -0.15) is 0 Å². The fraction of sp³-hybridized carbons (Fsp3) is 0.538. The van der Waals surface area contributed by atoms with Crippen LogP contribution in [0.4, 0.5) is 4.39 Å². The Labute approximate surface area is 100.0 Å². The molecule has 0 aromatic heterocycles. The predicted molar refractivity (Wildman–Crippen MR) is 63.3 cm³/mol. The molecule has 3 heteroatoms. The molecule has 2 aliphatic rings. The molecule has 86 valence electrons. The van der Waals surface area contributed by atoms with E-state index in [2.05, 4.69) is 5.32 Å². The third-order valence-electron chi connectivity index (χ3n) is 3.89. The number of piperidine rings is 1. The highest BCUT2D eigenvalue weighted by molar-refractivity contribution is 6.30. The zero-order valence-corrected chi connectivity index (χ0v) is 9.80. The minimum Gasteiger partial charge on any atom is -0.311 e. The van der Waals surface area contributed by atoms with E-state index in [1.165, 1.54) is 12.8 Å². The molecular formula is C13H15ClFN. The molecule has 0 amide bonds. The molecule has 3 atom stereocenters. The first-order valence-corrected chi connectivity index (χ1v) is 6.31. The van der Waals surface area contributed by atoms with E-state index in [1.54, 1.807) is 12.1 Å². The molecule has 16 heavy (non-hydrogen) atoms. The smallest absolute Gasteiger partial charge is 0.142 e. The number of hydrogen-bond donors (Lipinski definition) is 1. The van der Waals surface area contributed by atoms with E-state index in [4.69, 9.17) is 11.6 Å². The van der Waals surface area contributed by atoms with Crippen LogP contribution in [0.1, 0.15) is 37.2 Å². The molecule has 0 radical (unpaired) electrons. The van der Waals surface area contributed by atoms with Crippen molar-refractivity contribution in [3.05, 3.63) is 34.6 Å². The van der Waals surface area contributed by atoms with Crippen LogP contribution in [0.15, 0.2) is 18.2 Å². The Hall–Kier alpha value is -0.600. The summed E-state index contributed by atoms with van der Waals surface area (Å²) in [7, 11) is 0. The van der Waals surface area contributed by atoms with Gasteiger partial charge in [0, 0.05) is 12.1 Å². The Bertz CT molecular complexity index is 395. The zero-order valence-electron chi connectivity index (χ0n) is 9.05. The first kappa shape index (κ1) is 10.5. The van der Waals surface area contributed by atoms with Crippen molar-refractivity contribution < 1.29 is 4.39 Å². The van der Waals surface area contributed by atoms with Crippen molar-refractivity contribution in [2.45, 2.75) is 43.7 Å². The lowest BCUT2D eigenvalue weighted by Gasteiger charge is -2.29. The maximum Gasteiger partial charge on any atom is 0.142 e. The second-order valence-electron chi connectivity index (χ2n) is 4.98. The molecule has 2 bridgehead atoms. The van der Waals surface area contributed by atoms with Crippen LogP contribution in [0, 0.1) is 5.82 Å². The number of hydrogen-bond acceptors (Lipinski definition) is 1. The van der Waals surface area contributed by atoms with Gasteiger partial charge in [-0.05, 0) is 49.3 Å². The summed E-state index contributed by atoms with van der Waals surface area (Å²) in [6.45, 7) is 0. The summed E-state index contributed by atoms with van der Waals surface area (Å²) >= 11 is 5.70. The van der Waals surface area contributed by atoms with E-state index < -0.39 is 0 Å². The largest absolute Gasteiger partial charge is 0.311 e. The molecule has 1 N–H and O–H groups in total. The monoisotopic (exact) mass is 239 g/mol. The molecule has 0 aliphatic carbocycles. The average molecular weight is 240 g/mol. The van der Waals surface area contributed by atoms with Crippen LogP contribution >= 0.6 is 11.6 Å². The quantitative estimate of drug-likeness (QED) is 0.791. The van der Waals surface area contributed by atoms with Crippen LogP contribution in [-0.4, -0.2) is 12.1 Å². The molecule has 3 rings (SSSR count). The lowest BCUT2D eigenvalue weighted by atomic mass is 9.86. The molecule has 0 spiro atoms. The van der Waals surface area contributed by atoms with E-state index in [0.717, 1.165) is 18.4 Å². The van der Waals surface area contributed by atoms with Gasteiger partial charge in [-0.1, -0.05) is 17.7 Å². The molecule has 1 aromatic rings. The summed E-state index contributed by atoms with van der Waals surface area (Å²) in [4.78, 5) is 0. The van der Waals surface area contributed by atoms with Gasteiger partial charge in [-0.25, -0.2) is 4.39 Å². The van der Waals surface area contributed by atoms with Gasteiger partial charge in [0.25, 0.3) is 0 Å². The van der Waals surface area contributed by atoms with Crippen molar-refractivity contribution in [2.75, 3.05) is 0 Å². The molecule has 2 saturated heterocycles. The number of benzene rings is 1. The first-order chi connectivity index (χ1) is 7.72. The van der Waals surface area contributed by atoms with Gasteiger partial charge >= 0.3 is 0 Å². The third kappa shape index (κ3) is 1.85. The number of rotatable bonds is 1. The second-order valence-corrected chi connectivity index (χ2v) is 5.39. The summed E-state index contributed by atoms with van der Waals surface area (Å²) in [5, 5.41) is 3.82. The summed E-state index contributed by atoms with van der Waals surface area (Å²) in [5.41, 5.74) is 1.11. The van der Waals surface area contributed by atoms with E-state index in [1.807, 2.05) is 6.07 Å². The van der Waals surface area contributed by atoms with Gasteiger partial charge in [0.05, 0.1) is 5.02 Å². The van der Waals surface area contributed by atoms with E-state index in [-0.39, 0.29) is 10.8 Å². The van der Waals surface area contributed by atoms with E-state index in [0.29, 0.717) is 18.0 Å². The molecule has 1 unspecified atom stereocenters. The van der Waals surface area contributed by atoms with Crippen LogP contribution in [0.25, 0.3) is 0 Å². The molecule has 1 nitrogen and oxygen atoms in total. The average Bonchev–Trinajstić information content (AvgIpc) is 2.62. The minimum absolute atomic E-state index is 0.223. The van der Waals surface area contributed by atoms with Crippen molar-refractivity contribution in [2.24, 2.45) is 0 Å². The van der Waals surface area contributed by atoms with Gasteiger partial charge in [0.15, 0.2) is 0 Å². The topological polar surface area (TPSA) is 12.0 Å². The Balaban J connectivity index is 1.84. The number of nitrogens with one attached hydrogen (secondary N) is 1. The van der Waals surface area contributed by atoms with Gasteiger partial charge < -0.3 is 5.32 Å². The first-order valence-electron chi connectivity index (χ1n) is 5.93. The molecular weight excluding hydrogens is 225 g/mol. The summed E-state index contributed by atoms with van der Waals surface area (Å²) in [6, 6.07) is 6.54. The van der Waals surface area contributed by atoms with Crippen molar-refractivity contribution in [1.82, 2.24) is 5.32 Å². The van der Waals surface area contributed by atoms with E-state index >= 15 is 0 Å². The van der Waals surface area contributed by atoms with Crippen molar-refractivity contribution in [3.63, 3.8) is 0 Å². The van der Waals surface area contributed by atoms with Crippen molar-refractivity contribution >= 4 is 11.6 Å². The maximum atomic E-state index is 13.4. The highest BCUT2D eigenvalue weighted by atomic mass is 35.5. The van der Waals surface area contributed by atoms with Gasteiger partial charge in [-0.3, -0.25) is 0 Å². The highest BCUT2D eigenvalue weighted by Crippen LogP contribution is 2.37. The van der Waals surface area contributed by atoms with Crippen LogP contribution < -0.4 is 5.32 Å². The van der Waals surface area contributed by atoms with Crippen LogP contribution in [0.3, 0.4) is 0 Å². The van der Waals surface area contributed by atoms with Gasteiger partial charge in [-0.15, -0.1) is 0 Å². The normalized spacial score (nSPS) is 33.0. The van der Waals surface area contributed by atoms with Gasteiger partial charge in [0.2, 0.25) is 0 Å². The molecule has 2 fully saturated rings. The van der Waals surface area contributed by atoms with Gasteiger partial charge in [0.1, 0.15) is 5.82 Å². The van der Waals surface area contributed by atoms with Crippen molar-refractivity contribution in [1.29, 1.82) is 0 Å². The molecule has 1 aromatic carbocycles. The Morgan fingerprint density at radius 2 is 1.88 bits per heavy atom. The highest BCUT2D eigenvalue weighted by Gasteiger charge is 2.34. The summed E-state index contributed by atoms with van der Waals surface area (Å²) in [6.07, 6.45) is 4.82. The van der Waals surface area contributed by atoms with Crippen LogP contribution in [0.2, 0.25) is 5.02 Å². The minimum atomic E-state index is -0.287. The predicted octanol–water partition coefficient (Wildman–Crippen LogP) is 3.48. The molecule has 0 saturated carbocycles. The van der Waals surface area contributed by atoms with Crippen LogP contribution in [-0.2, 0) is 0 Å². The second kappa shape index (κ2) is 4.01. The fourth-order valence-electron chi connectivity index (χ4n) is 3.10. The van der Waals surface area contributed by atoms with E-state index in [9.17, 15) is 4.39 Å².